The van der Waals surface area contributed by atoms with E-state index >= 15 is 0 Å². The van der Waals surface area contributed by atoms with E-state index in [1.54, 1.807) is 43.6 Å². The van der Waals surface area contributed by atoms with Gasteiger partial charge in [-0.2, -0.15) is 5.26 Å². The van der Waals surface area contributed by atoms with Gasteiger partial charge in [-0.15, -0.1) is 0 Å². The number of hydrogen-bond donors (Lipinski definition) is 1. The molecule has 1 aromatic heterocycles. The second-order valence-electron chi connectivity index (χ2n) is 3.86. The monoisotopic (exact) mass is 255 g/mol. The number of ether oxygens (including phenoxy) is 2. The summed E-state index contributed by atoms with van der Waals surface area (Å²) in [6, 6.07) is 10.7. The molecule has 0 unspecified atom stereocenters. The van der Waals surface area contributed by atoms with Gasteiger partial charge in [0.2, 0.25) is 0 Å². The zero-order chi connectivity index (χ0) is 13.7. The van der Waals surface area contributed by atoms with Crippen molar-refractivity contribution in [2.45, 2.75) is 6.61 Å². The predicted octanol–water partition coefficient (Wildman–Crippen LogP) is 2.12. The molecule has 2 N–H and O–H groups in total. The van der Waals surface area contributed by atoms with E-state index in [0.717, 1.165) is 5.56 Å². The number of nitrogens with zero attached hydrogens (tertiary/aromatic N) is 2. The fraction of sp³-hybridized carbons (Fsp3) is 0.143. The molecular formula is C14H13N3O2. The quantitative estimate of drug-likeness (QED) is 0.846. The largest absolute Gasteiger partial charge is 0.493 e. The van der Waals surface area contributed by atoms with Crippen molar-refractivity contribution in [1.29, 1.82) is 5.26 Å². The van der Waals surface area contributed by atoms with Crippen LogP contribution in [-0.4, -0.2) is 12.1 Å². The van der Waals surface area contributed by atoms with E-state index in [1.165, 1.54) is 0 Å². The van der Waals surface area contributed by atoms with E-state index < -0.39 is 0 Å². The van der Waals surface area contributed by atoms with Gasteiger partial charge in [0, 0.05) is 18.0 Å². The molecule has 1 heterocycles. The number of aromatic nitrogens is 1. The minimum absolute atomic E-state index is 0.331. The molecule has 0 saturated heterocycles. The predicted molar refractivity (Wildman–Crippen MR) is 70.7 cm³/mol. The van der Waals surface area contributed by atoms with E-state index in [9.17, 15) is 0 Å². The number of hydrogen-bond acceptors (Lipinski definition) is 5. The Morgan fingerprint density at radius 2 is 2.11 bits per heavy atom. The topological polar surface area (TPSA) is 81.2 Å². The number of benzene rings is 1. The lowest BCUT2D eigenvalue weighted by molar-refractivity contribution is 0.284. The maximum atomic E-state index is 8.77. The van der Waals surface area contributed by atoms with Crippen molar-refractivity contribution < 1.29 is 9.47 Å². The third-order valence-corrected chi connectivity index (χ3v) is 2.52. The molecule has 0 spiro atoms. The first-order valence-electron chi connectivity index (χ1n) is 5.64. The second kappa shape index (κ2) is 5.74. The summed E-state index contributed by atoms with van der Waals surface area (Å²) in [5.41, 5.74) is 7.51. The van der Waals surface area contributed by atoms with Gasteiger partial charge in [0.15, 0.2) is 11.5 Å². The molecule has 0 fully saturated rings. The maximum Gasteiger partial charge on any atom is 0.162 e. The second-order valence-corrected chi connectivity index (χ2v) is 3.86. The molecule has 0 amide bonds. The zero-order valence-corrected chi connectivity index (χ0v) is 10.5. The van der Waals surface area contributed by atoms with Crippen LogP contribution in [0.1, 0.15) is 11.3 Å². The smallest absolute Gasteiger partial charge is 0.162 e. The molecule has 0 atom stereocenters. The van der Waals surface area contributed by atoms with Crippen LogP contribution in [0.3, 0.4) is 0 Å². The van der Waals surface area contributed by atoms with Crippen molar-refractivity contribution in [3.05, 3.63) is 47.8 Å². The van der Waals surface area contributed by atoms with Gasteiger partial charge >= 0.3 is 0 Å². The molecule has 5 heteroatoms. The number of nitrogen functional groups attached to an aromatic ring is 1. The first kappa shape index (κ1) is 12.7. The summed E-state index contributed by atoms with van der Waals surface area (Å²) in [6.07, 6.45) is 1.58. The maximum absolute atomic E-state index is 8.77. The highest BCUT2D eigenvalue weighted by atomic mass is 16.5. The zero-order valence-electron chi connectivity index (χ0n) is 10.5. The van der Waals surface area contributed by atoms with Crippen LogP contribution in [0.15, 0.2) is 36.5 Å². The third-order valence-electron chi connectivity index (χ3n) is 2.52. The van der Waals surface area contributed by atoms with E-state index in [4.69, 9.17) is 20.5 Å². The number of anilines is 1. The lowest BCUT2D eigenvalue weighted by Crippen LogP contribution is -1.99. The van der Waals surface area contributed by atoms with Crippen molar-refractivity contribution in [2.75, 3.05) is 12.8 Å². The Hall–Kier alpha value is -2.74. The molecular weight excluding hydrogens is 242 g/mol. The first-order valence-corrected chi connectivity index (χ1v) is 5.64. The minimum atomic E-state index is 0.331. The lowest BCUT2D eigenvalue weighted by Gasteiger charge is -2.11. The summed E-state index contributed by atoms with van der Waals surface area (Å²) in [5, 5.41) is 8.77. The average Bonchev–Trinajstić information content (AvgIpc) is 2.46. The molecule has 0 aliphatic carbocycles. The summed E-state index contributed by atoms with van der Waals surface area (Å²) in [4.78, 5) is 3.90. The highest BCUT2D eigenvalue weighted by Gasteiger charge is 2.05. The standard InChI is InChI=1S/C14H13N3O2/c1-18-14-7-11(16)2-3-13(14)19-9-10-4-5-17-12(6-10)8-15/h2-7H,9,16H2,1H3. The van der Waals surface area contributed by atoms with Crippen LogP contribution >= 0.6 is 0 Å². The van der Waals surface area contributed by atoms with E-state index in [-0.39, 0.29) is 0 Å². The fourth-order valence-electron chi connectivity index (χ4n) is 1.59. The van der Waals surface area contributed by atoms with Gasteiger partial charge in [0.05, 0.1) is 7.11 Å². The molecule has 2 rings (SSSR count). The Morgan fingerprint density at radius 3 is 2.84 bits per heavy atom. The van der Waals surface area contributed by atoms with Gasteiger partial charge in [-0.3, -0.25) is 0 Å². The Bertz CT molecular complexity index is 620. The Morgan fingerprint density at radius 1 is 1.26 bits per heavy atom. The highest BCUT2D eigenvalue weighted by molar-refractivity contribution is 5.51. The summed E-state index contributed by atoms with van der Waals surface area (Å²) in [7, 11) is 1.56. The first-order chi connectivity index (χ1) is 9.22. The van der Waals surface area contributed by atoms with E-state index in [2.05, 4.69) is 4.98 Å². The molecule has 0 bridgehead atoms. The molecule has 1 aromatic carbocycles. The summed E-state index contributed by atoms with van der Waals surface area (Å²) < 4.78 is 10.8. The van der Waals surface area contributed by atoms with Crippen LogP contribution in [0.5, 0.6) is 11.5 Å². The van der Waals surface area contributed by atoms with Crippen molar-refractivity contribution >= 4 is 5.69 Å². The van der Waals surface area contributed by atoms with Gasteiger partial charge in [-0.05, 0) is 29.8 Å². The molecule has 0 aliphatic rings. The number of nitriles is 1. The summed E-state index contributed by atoms with van der Waals surface area (Å²) in [5.74, 6) is 1.18. The van der Waals surface area contributed by atoms with Crippen LogP contribution in [0.2, 0.25) is 0 Å². The fourth-order valence-corrected chi connectivity index (χ4v) is 1.59. The van der Waals surface area contributed by atoms with Crippen molar-refractivity contribution in [1.82, 2.24) is 4.98 Å². The van der Waals surface area contributed by atoms with Crippen LogP contribution in [-0.2, 0) is 6.61 Å². The van der Waals surface area contributed by atoms with Crippen molar-refractivity contribution in [2.24, 2.45) is 0 Å². The highest BCUT2D eigenvalue weighted by Crippen LogP contribution is 2.29. The minimum Gasteiger partial charge on any atom is -0.493 e. The van der Waals surface area contributed by atoms with Crippen molar-refractivity contribution in [3.63, 3.8) is 0 Å². The van der Waals surface area contributed by atoms with Gasteiger partial charge in [-0.1, -0.05) is 0 Å². The van der Waals surface area contributed by atoms with Gasteiger partial charge in [-0.25, -0.2) is 4.98 Å². The molecule has 0 aliphatic heterocycles. The number of pyridine rings is 1. The molecule has 2 aromatic rings. The summed E-state index contributed by atoms with van der Waals surface area (Å²) in [6.45, 7) is 0.331. The molecule has 96 valence electrons. The van der Waals surface area contributed by atoms with Gasteiger partial charge in [0.25, 0.3) is 0 Å². The van der Waals surface area contributed by atoms with Crippen LogP contribution in [0.4, 0.5) is 5.69 Å². The molecule has 0 saturated carbocycles. The lowest BCUT2D eigenvalue weighted by atomic mass is 10.2. The van der Waals surface area contributed by atoms with E-state index in [1.807, 2.05) is 6.07 Å². The Labute approximate surface area is 111 Å². The van der Waals surface area contributed by atoms with Crippen LogP contribution in [0.25, 0.3) is 0 Å². The number of nitrogens with two attached hydrogens (primary N) is 1. The number of rotatable bonds is 4. The van der Waals surface area contributed by atoms with E-state index in [0.29, 0.717) is 29.5 Å². The third kappa shape index (κ3) is 3.13. The summed E-state index contributed by atoms with van der Waals surface area (Å²) >= 11 is 0. The van der Waals surface area contributed by atoms with Crippen LogP contribution < -0.4 is 15.2 Å². The average molecular weight is 255 g/mol. The molecule has 19 heavy (non-hydrogen) atoms. The number of methoxy groups -OCH3 is 1. The van der Waals surface area contributed by atoms with Gasteiger partial charge in [0.1, 0.15) is 18.4 Å². The van der Waals surface area contributed by atoms with Gasteiger partial charge < -0.3 is 15.2 Å². The Kier molecular flexibility index (Phi) is 3.84. The van der Waals surface area contributed by atoms with Crippen LogP contribution in [0, 0.1) is 11.3 Å². The van der Waals surface area contributed by atoms with Crippen molar-refractivity contribution in [3.8, 4) is 17.6 Å². The Balaban J connectivity index is 2.12. The molecule has 0 radical (unpaired) electrons. The normalized spacial score (nSPS) is 9.68. The SMILES string of the molecule is COc1cc(N)ccc1OCc1ccnc(C#N)c1. The molecule has 5 nitrogen and oxygen atoms in total.